The Balaban J connectivity index is 1.45. The molecule has 5 nitrogen and oxygen atoms in total. The summed E-state index contributed by atoms with van der Waals surface area (Å²) in [5.74, 6) is 0.395. The molecule has 0 saturated carbocycles. The number of nitrogens with zero attached hydrogens (tertiary/aromatic N) is 3. The van der Waals surface area contributed by atoms with Crippen LogP contribution in [0, 0.1) is 5.82 Å². The van der Waals surface area contributed by atoms with Crippen molar-refractivity contribution in [3.63, 3.8) is 0 Å². The minimum Gasteiger partial charge on any atom is -0.458 e. The van der Waals surface area contributed by atoms with E-state index in [-0.39, 0.29) is 18.0 Å². The van der Waals surface area contributed by atoms with Crippen LogP contribution in [0.2, 0.25) is 0 Å². The van der Waals surface area contributed by atoms with E-state index in [0.29, 0.717) is 13.0 Å². The van der Waals surface area contributed by atoms with E-state index in [1.165, 1.54) is 4.90 Å². The van der Waals surface area contributed by atoms with Gasteiger partial charge in [0, 0.05) is 23.6 Å². The Morgan fingerprint density at radius 1 is 1.28 bits per heavy atom. The number of carbonyl (C=O) groups excluding carboxylic acids is 1. The first-order chi connectivity index (χ1) is 12.2. The van der Waals surface area contributed by atoms with Gasteiger partial charge in [0.25, 0.3) is 0 Å². The Morgan fingerprint density at radius 2 is 2.04 bits per heavy atom. The van der Waals surface area contributed by atoms with E-state index in [4.69, 9.17) is 4.74 Å². The van der Waals surface area contributed by atoms with Gasteiger partial charge in [0.15, 0.2) is 5.82 Å². The van der Waals surface area contributed by atoms with Crippen LogP contribution in [0.4, 0.5) is 4.39 Å². The third kappa shape index (κ3) is 5.42. The zero-order chi connectivity index (χ0) is 17.5. The number of ether oxygens (including phenoxy) is 1. The molecule has 0 N–H and O–H groups in total. The minimum atomic E-state index is -0.497. The van der Waals surface area contributed by atoms with Crippen molar-refractivity contribution < 1.29 is 13.9 Å². The van der Waals surface area contributed by atoms with Gasteiger partial charge < -0.3 is 9.64 Å². The maximum absolute atomic E-state index is 12.8. The first kappa shape index (κ1) is 17.7. The molecule has 0 bridgehead atoms. The number of likely N-dealkylation sites (tertiary alicyclic amines) is 1. The molecule has 1 saturated heterocycles. The summed E-state index contributed by atoms with van der Waals surface area (Å²) in [5, 5.41) is 0. The summed E-state index contributed by atoms with van der Waals surface area (Å²) in [6.45, 7) is 1.27. The molecule has 1 atom stereocenters. The van der Waals surface area contributed by atoms with Crippen LogP contribution in [0.15, 0.2) is 47.6 Å². The fraction of sp³-hybridized carbons (Fsp3) is 0.389. The van der Waals surface area contributed by atoms with Gasteiger partial charge in [-0.1, -0.05) is 18.2 Å². The molecule has 132 valence electrons. The highest BCUT2D eigenvalue weighted by Gasteiger charge is 2.25. The lowest BCUT2D eigenvalue weighted by molar-refractivity contribution is -0.133. The summed E-state index contributed by atoms with van der Waals surface area (Å²) < 4.78 is 18.5. The van der Waals surface area contributed by atoms with E-state index < -0.39 is 5.82 Å². The lowest BCUT2D eigenvalue weighted by Gasteiger charge is -2.32. The van der Waals surface area contributed by atoms with Gasteiger partial charge in [-0.15, -0.1) is 11.8 Å². The van der Waals surface area contributed by atoms with E-state index in [9.17, 15) is 9.18 Å². The average molecular weight is 361 g/mol. The van der Waals surface area contributed by atoms with E-state index in [0.717, 1.165) is 37.5 Å². The van der Waals surface area contributed by atoms with E-state index >= 15 is 0 Å². The predicted octanol–water partition coefficient (Wildman–Crippen LogP) is 3.17. The topological polar surface area (TPSA) is 55.3 Å². The van der Waals surface area contributed by atoms with E-state index in [2.05, 4.69) is 9.97 Å². The Hall–Kier alpha value is -2.15. The smallest absolute Gasteiger partial charge is 0.316 e. The summed E-state index contributed by atoms with van der Waals surface area (Å²) in [7, 11) is 0. The number of thioether (sulfide) groups is 1. The van der Waals surface area contributed by atoms with Crippen LogP contribution < -0.4 is 4.74 Å². The van der Waals surface area contributed by atoms with Crippen molar-refractivity contribution in [2.75, 3.05) is 18.8 Å². The van der Waals surface area contributed by atoms with Gasteiger partial charge >= 0.3 is 6.01 Å². The van der Waals surface area contributed by atoms with Gasteiger partial charge in [0.2, 0.25) is 5.91 Å². The number of amides is 1. The molecule has 0 unspecified atom stereocenters. The lowest BCUT2D eigenvalue weighted by atomic mass is 10.1. The molecule has 25 heavy (non-hydrogen) atoms. The molecule has 0 spiro atoms. The maximum Gasteiger partial charge on any atom is 0.316 e. The molecule has 1 aromatic carbocycles. The summed E-state index contributed by atoms with van der Waals surface area (Å²) in [5.41, 5.74) is 0. The predicted molar refractivity (Wildman–Crippen MR) is 94.0 cm³/mol. The maximum atomic E-state index is 12.8. The molecule has 1 aliphatic heterocycles. The van der Waals surface area contributed by atoms with E-state index in [1.807, 2.05) is 35.2 Å². The van der Waals surface area contributed by atoms with Gasteiger partial charge in [-0.05, 0) is 25.0 Å². The third-order valence-electron chi connectivity index (χ3n) is 3.93. The number of aromatic nitrogens is 2. The van der Waals surface area contributed by atoms with Gasteiger partial charge in [0.1, 0.15) is 6.10 Å². The number of hydrogen-bond donors (Lipinski definition) is 0. The molecule has 0 aliphatic carbocycles. The van der Waals surface area contributed by atoms with Crippen LogP contribution in [-0.2, 0) is 4.79 Å². The molecule has 7 heteroatoms. The first-order valence-electron chi connectivity index (χ1n) is 8.30. The highest BCUT2D eigenvalue weighted by atomic mass is 32.2. The van der Waals surface area contributed by atoms with Crippen LogP contribution in [0.3, 0.4) is 0 Å². The zero-order valence-electron chi connectivity index (χ0n) is 13.8. The van der Waals surface area contributed by atoms with Crippen LogP contribution in [0.25, 0.3) is 0 Å². The lowest BCUT2D eigenvalue weighted by Crippen LogP contribution is -2.44. The van der Waals surface area contributed by atoms with Crippen molar-refractivity contribution in [2.45, 2.75) is 30.3 Å². The number of piperidine rings is 1. The van der Waals surface area contributed by atoms with Gasteiger partial charge in [-0.2, -0.15) is 0 Å². The fourth-order valence-corrected chi connectivity index (χ4v) is 3.56. The SMILES string of the molecule is O=C(CCSc1ccccc1)N1CCC[C@@H](Oc2ncc(F)cn2)C1. The molecular weight excluding hydrogens is 341 g/mol. The Bertz CT molecular complexity index is 684. The van der Waals surface area contributed by atoms with Gasteiger partial charge in [-0.25, -0.2) is 14.4 Å². The van der Waals surface area contributed by atoms with Crippen LogP contribution in [0.5, 0.6) is 6.01 Å². The highest BCUT2D eigenvalue weighted by molar-refractivity contribution is 7.99. The number of hydrogen-bond acceptors (Lipinski definition) is 5. The largest absolute Gasteiger partial charge is 0.458 e. The summed E-state index contributed by atoms with van der Waals surface area (Å²) in [6, 6.07) is 10.2. The van der Waals surface area contributed by atoms with Crippen molar-refractivity contribution in [3.05, 3.63) is 48.5 Å². The summed E-state index contributed by atoms with van der Waals surface area (Å²) in [6.07, 6.45) is 4.22. The van der Waals surface area contributed by atoms with Gasteiger partial charge in [0.05, 0.1) is 18.9 Å². The molecule has 1 fully saturated rings. The van der Waals surface area contributed by atoms with Crippen molar-refractivity contribution in [3.8, 4) is 6.01 Å². The molecule has 1 amide bonds. The van der Waals surface area contributed by atoms with E-state index in [1.54, 1.807) is 11.8 Å². The number of carbonyl (C=O) groups is 1. The number of halogens is 1. The Labute approximate surface area is 150 Å². The summed E-state index contributed by atoms with van der Waals surface area (Å²) >= 11 is 1.68. The zero-order valence-corrected chi connectivity index (χ0v) is 14.6. The van der Waals surface area contributed by atoms with Crippen molar-refractivity contribution in [1.29, 1.82) is 0 Å². The third-order valence-corrected chi connectivity index (χ3v) is 4.94. The molecule has 2 aromatic rings. The van der Waals surface area contributed by atoms with Crippen LogP contribution in [-0.4, -0.2) is 45.7 Å². The van der Waals surface area contributed by atoms with Crippen LogP contribution in [0.1, 0.15) is 19.3 Å². The molecule has 3 rings (SSSR count). The molecule has 2 heterocycles. The second kappa shape index (κ2) is 8.80. The molecule has 1 aliphatic rings. The second-order valence-corrected chi connectivity index (χ2v) is 6.99. The Morgan fingerprint density at radius 3 is 2.80 bits per heavy atom. The normalized spacial score (nSPS) is 17.3. The van der Waals surface area contributed by atoms with Crippen LogP contribution >= 0.6 is 11.8 Å². The second-order valence-electron chi connectivity index (χ2n) is 5.82. The molecular formula is C18H20FN3O2S. The first-order valence-corrected chi connectivity index (χ1v) is 9.29. The summed E-state index contributed by atoms with van der Waals surface area (Å²) in [4.78, 5) is 23.0. The Kier molecular flexibility index (Phi) is 6.22. The minimum absolute atomic E-state index is 0.136. The standard InChI is InChI=1S/C18H20FN3O2S/c19-14-11-20-18(21-12-14)24-15-5-4-9-22(13-15)17(23)8-10-25-16-6-2-1-3-7-16/h1-3,6-7,11-12,15H,4-5,8-10,13H2/t15-/m1/s1. The number of rotatable bonds is 6. The van der Waals surface area contributed by atoms with Crippen molar-refractivity contribution in [2.24, 2.45) is 0 Å². The monoisotopic (exact) mass is 361 g/mol. The highest BCUT2D eigenvalue weighted by Crippen LogP contribution is 2.20. The quantitative estimate of drug-likeness (QED) is 0.740. The van der Waals surface area contributed by atoms with Crippen molar-refractivity contribution in [1.82, 2.24) is 14.9 Å². The molecule has 1 aromatic heterocycles. The van der Waals surface area contributed by atoms with Gasteiger partial charge in [-0.3, -0.25) is 4.79 Å². The fourth-order valence-electron chi connectivity index (χ4n) is 2.70. The molecule has 0 radical (unpaired) electrons. The van der Waals surface area contributed by atoms with Crippen molar-refractivity contribution >= 4 is 17.7 Å². The average Bonchev–Trinajstić information content (AvgIpc) is 2.65. The number of benzene rings is 1.